The van der Waals surface area contributed by atoms with Crippen LogP contribution in [0.3, 0.4) is 0 Å². The highest BCUT2D eigenvalue weighted by atomic mass is 16.2. The average Bonchev–Trinajstić information content (AvgIpc) is 3.14. The van der Waals surface area contributed by atoms with E-state index in [1.165, 1.54) is 12.8 Å². The summed E-state index contributed by atoms with van der Waals surface area (Å²) in [6, 6.07) is 7.28. The lowest BCUT2D eigenvalue weighted by Gasteiger charge is -2.27. The minimum atomic E-state index is -0.345. The Hall–Kier alpha value is -3.53. The molecule has 2 saturated heterocycles. The number of carbonyl (C=O) groups is 1. The summed E-state index contributed by atoms with van der Waals surface area (Å²) in [5, 5.41) is 13.3. The summed E-state index contributed by atoms with van der Waals surface area (Å²) < 4.78 is 0. The van der Waals surface area contributed by atoms with Crippen molar-refractivity contribution < 1.29 is 4.79 Å². The molecule has 0 atom stereocenters. The van der Waals surface area contributed by atoms with Crippen LogP contribution in [0.15, 0.2) is 35.3 Å². The number of hydrogen-bond acceptors (Lipinski definition) is 8. The maximum absolute atomic E-state index is 12.7. The van der Waals surface area contributed by atoms with Crippen molar-refractivity contribution in [2.75, 3.05) is 49.5 Å². The monoisotopic (exact) mass is 448 g/mol. The number of aromatic nitrogens is 4. The second kappa shape index (κ2) is 9.53. The number of benzene rings is 1. The van der Waals surface area contributed by atoms with Crippen LogP contribution in [0.4, 0.5) is 17.5 Å². The van der Waals surface area contributed by atoms with Crippen molar-refractivity contribution in [1.29, 1.82) is 0 Å². The molecule has 0 radical (unpaired) electrons. The zero-order valence-electron chi connectivity index (χ0n) is 18.5. The third kappa shape index (κ3) is 4.65. The summed E-state index contributed by atoms with van der Waals surface area (Å²) in [7, 11) is 0. The van der Waals surface area contributed by atoms with E-state index < -0.39 is 0 Å². The first-order valence-corrected chi connectivity index (χ1v) is 11.6. The number of anilines is 3. The van der Waals surface area contributed by atoms with Crippen LogP contribution in [-0.4, -0.2) is 70.2 Å². The van der Waals surface area contributed by atoms with Gasteiger partial charge in [-0.2, -0.15) is 10.1 Å². The average molecular weight is 449 g/mol. The summed E-state index contributed by atoms with van der Waals surface area (Å²) in [6.45, 7) is 4.84. The molecule has 3 N–H and O–H groups in total. The van der Waals surface area contributed by atoms with Gasteiger partial charge in [-0.3, -0.25) is 9.59 Å². The second-order valence-electron chi connectivity index (χ2n) is 8.48. The molecule has 4 heterocycles. The molecule has 33 heavy (non-hydrogen) atoms. The number of H-pyrrole nitrogens is 1. The van der Waals surface area contributed by atoms with Gasteiger partial charge in [-0.05, 0) is 37.1 Å². The fourth-order valence-corrected chi connectivity index (χ4v) is 4.38. The fourth-order valence-electron chi connectivity index (χ4n) is 4.38. The third-order valence-corrected chi connectivity index (χ3v) is 6.19. The van der Waals surface area contributed by atoms with Crippen molar-refractivity contribution in [3.63, 3.8) is 0 Å². The molecule has 0 unspecified atom stereocenters. The van der Waals surface area contributed by atoms with Gasteiger partial charge >= 0.3 is 0 Å². The van der Waals surface area contributed by atoms with E-state index in [0.717, 1.165) is 44.7 Å². The van der Waals surface area contributed by atoms with Gasteiger partial charge in [-0.25, -0.2) is 10.1 Å². The van der Waals surface area contributed by atoms with E-state index in [4.69, 9.17) is 4.98 Å². The van der Waals surface area contributed by atoms with E-state index in [2.05, 4.69) is 30.7 Å². The van der Waals surface area contributed by atoms with E-state index >= 15 is 0 Å². The Labute approximate surface area is 191 Å². The summed E-state index contributed by atoms with van der Waals surface area (Å²) >= 11 is 0. The van der Waals surface area contributed by atoms with Gasteiger partial charge in [-0.1, -0.05) is 12.8 Å². The van der Waals surface area contributed by atoms with Gasteiger partial charge in [0.05, 0.1) is 6.20 Å². The highest BCUT2D eigenvalue weighted by molar-refractivity contribution is 5.95. The molecule has 10 heteroatoms. The van der Waals surface area contributed by atoms with E-state index in [0.29, 0.717) is 41.3 Å². The van der Waals surface area contributed by atoms with Crippen molar-refractivity contribution in [2.45, 2.75) is 25.7 Å². The van der Waals surface area contributed by atoms with Crippen LogP contribution >= 0.6 is 0 Å². The van der Waals surface area contributed by atoms with Gasteiger partial charge in [0.25, 0.3) is 11.5 Å². The Morgan fingerprint density at radius 1 is 0.939 bits per heavy atom. The number of nitrogens with one attached hydrogen (secondary N) is 3. The molecule has 172 valence electrons. The molecule has 0 saturated carbocycles. The molecule has 3 aromatic rings. The number of aromatic amines is 1. The molecular formula is C23H28N8O2. The number of rotatable bonds is 4. The van der Waals surface area contributed by atoms with Crippen LogP contribution in [-0.2, 0) is 0 Å². The normalized spacial score (nSPS) is 17.1. The quantitative estimate of drug-likeness (QED) is 0.554. The van der Waals surface area contributed by atoms with Gasteiger partial charge in [0, 0.05) is 50.5 Å². The van der Waals surface area contributed by atoms with Crippen LogP contribution in [0.25, 0.3) is 10.9 Å². The summed E-state index contributed by atoms with van der Waals surface area (Å²) in [4.78, 5) is 38.7. The van der Waals surface area contributed by atoms with Crippen molar-refractivity contribution >= 4 is 34.3 Å². The van der Waals surface area contributed by atoms with E-state index in [1.54, 1.807) is 18.3 Å². The SMILES string of the molecule is O=C(c1ccc(Nc2nc(N3CCCCCC3)nc3cn[nH]c(=O)c23)cc1)N1CCNCC1. The van der Waals surface area contributed by atoms with Gasteiger partial charge in [0.2, 0.25) is 5.95 Å². The Balaban J connectivity index is 1.44. The smallest absolute Gasteiger partial charge is 0.277 e. The molecule has 1 aromatic carbocycles. The highest BCUT2D eigenvalue weighted by Crippen LogP contribution is 2.25. The summed E-state index contributed by atoms with van der Waals surface area (Å²) in [6.07, 6.45) is 6.16. The molecule has 0 spiro atoms. The number of nitrogens with zero attached hydrogens (tertiary/aromatic N) is 5. The number of carbonyl (C=O) groups excluding carboxylic acids is 1. The molecule has 2 aliphatic rings. The largest absolute Gasteiger partial charge is 0.341 e. The number of hydrogen-bond donors (Lipinski definition) is 3. The second-order valence-corrected chi connectivity index (χ2v) is 8.48. The van der Waals surface area contributed by atoms with Crippen LogP contribution < -0.4 is 21.1 Å². The molecule has 0 bridgehead atoms. The molecule has 2 aliphatic heterocycles. The third-order valence-electron chi connectivity index (χ3n) is 6.19. The maximum Gasteiger partial charge on any atom is 0.277 e. The van der Waals surface area contributed by atoms with Crippen LogP contribution in [0, 0.1) is 0 Å². The summed E-state index contributed by atoms with van der Waals surface area (Å²) in [5.74, 6) is 1.07. The fraction of sp³-hybridized carbons (Fsp3) is 0.435. The maximum atomic E-state index is 12.7. The lowest BCUT2D eigenvalue weighted by Crippen LogP contribution is -2.46. The highest BCUT2D eigenvalue weighted by Gasteiger charge is 2.19. The van der Waals surface area contributed by atoms with Crippen molar-refractivity contribution in [3.8, 4) is 0 Å². The predicted octanol–water partition coefficient (Wildman–Crippen LogP) is 1.88. The number of piperazine rings is 1. The van der Waals surface area contributed by atoms with Crippen molar-refractivity contribution in [2.24, 2.45) is 0 Å². The Bertz CT molecular complexity index is 1180. The lowest BCUT2D eigenvalue weighted by atomic mass is 10.1. The predicted molar refractivity (Wildman–Crippen MR) is 127 cm³/mol. The van der Waals surface area contributed by atoms with Gasteiger partial charge in [-0.15, -0.1) is 0 Å². The zero-order valence-corrected chi connectivity index (χ0v) is 18.5. The number of fused-ring (bicyclic) bond motifs is 1. The first-order valence-electron chi connectivity index (χ1n) is 11.6. The topological polar surface area (TPSA) is 119 Å². The molecule has 0 aliphatic carbocycles. The van der Waals surface area contributed by atoms with Crippen LogP contribution in [0.5, 0.6) is 0 Å². The zero-order chi connectivity index (χ0) is 22.6. The van der Waals surface area contributed by atoms with Crippen LogP contribution in [0.2, 0.25) is 0 Å². The lowest BCUT2D eigenvalue weighted by molar-refractivity contribution is 0.0736. The van der Waals surface area contributed by atoms with Gasteiger partial charge in [0.1, 0.15) is 16.7 Å². The van der Waals surface area contributed by atoms with Gasteiger partial charge in [0.15, 0.2) is 0 Å². The standard InChI is InChI=1S/C23H28N8O2/c32-21-19-18(15-25-29-21)27-23(31-11-3-1-2-4-12-31)28-20(19)26-17-7-5-16(6-8-17)22(33)30-13-9-24-10-14-30/h5-8,15,24H,1-4,9-14H2,(H,29,32)(H,26,27,28). The first kappa shape index (κ1) is 21.3. The van der Waals surface area contributed by atoms with Crippen molar-refractivity contribution in [1.82, 2.24) is 30.4 Å². The van der Waals surface area contributed by atoms with E-state index in [-0.39, 0.29) is 11.5 Å². The Kier molecular flexibility index (Phi) is 6.16. The van der Waals surface area contributed by atoms with Gasteiger partial charge < -0.3 is 20.4 Å². The Morgan fingerprint density at radius 3 is 2.39 bits per heavy atom. The molecule has 10 nitrogen and oxygen atoms in total. The van der Waals surface area contributed by atoms with E-state index in [9.17, 15) is 9.59 Å². The molecule has 1 amide bonds. The molecule has 2 aromatic heterocycles. The molecule has 2 fully saturated rings. The Morgan fingerprint density at radius 2 is 1.67 bits per heavy atom. The molecular weight excluding hydrogens is 420 g/mol. The van der Waals surface area contributed by atoms with Crippen molar-refractivity contribution in [3.05, 3.63) is 46.4 Å². The first-order chi connectivity index (χ1) is 16.2. The minimum Gasteiger partial charge on any atom is -0.341 e. The molecule has 5 rings (SSSR count). The van der Waals surface area contributed by atoms with Crippen LogP contribution in [0.1, 0.15) is 36.0 Å². The summed E-state index contributed by atoms with van der Waals surface area (Å²) in [5.41, 5.74) is 1.54. The minimum absolute atomic E-state index is 0.0292. The van der Waals surface area contributed by atoms with E-state index in [1.807, 2.05) is 17.0 Å². The number of amides is 1.